The van der Waals surface area contributed by atoms with Gasteiger partial charge in [-0.25, -0.2) is 4.79 Å². The summed E-state index contributed by atoms with van der Waals surface area (Å²) in [6, 6.07) is 0. The zero-order valence-corrected chi connectivity index (χ0v) is 7.67. The molecule has 4 nitrogen and oxygen atoms in total. The molecular formula is C8H17NO3. The van der Waals surface area contributed by atoms with Crippen LogP contribution in [0.5, 0.6) is 0 Å². The molecule has 0 aromatic carbocycles. The number of carbonyl (C=O) groups excluding carboxylic acids is 1. The van der Waals surface area contributed by atoms with Crippen molar-refractivity contribution in [1.29, 1.82) is 0 Å². The fraction of sp³-hybridized carbons (Fsp3) is 0.875. The molecule has 0 aromatic heterocycles. The predicted molar refractivity (Wildman–Crippen MR) is 45.9 cm³/mol. The normalized spacial score (nSPS) is 12.2. The smallest absolute Gasteiger partial charge is 0.406 e. The lowest BCUT2D eigenvalue weighted by Crippen LogP contribution is -2.21. The molecule has 0 spiro atoms. The van der Waals surface area contributed by atoms with E-state index < -0.39 is 6.09 Å². The highest BCUT2D eigenvalue weighted by atomic mass is 16.5. The molecule has 0 fully saturated rings. The topological polar surface area (TPSA) is 58.6 Å². The Hall–Kier alpha value is -0.770. The van der Waals surface area contributed by atoms with Gasteiger partial charge in [-0.3, -0.25) is 0 Å². The molecule has 0 radical (unpaired) electrons. The summed E-state index contributed by atoms with van der Waals surface area (Å²) in [7, 11) is 1.50. The summed E-state index contributed by atoms with van der Waals surface area (Å²) >= 11 is 0. The average Bonchev–Trinajstić information content (AvgIpc) is 2.04. The lowest BCUT2D eigenvalue weighted by atomic mass is 10.1. The average molecular weight is 175 g/mol. The first kappa shape index (κ1) is 11.2. The number of aliphatic hydroxyl groups is 1. The first-order valence-corrected chi connectivity index (χ1v) is 4.23. The van der Waals surface area contributed by atoms with Gasteiger partial charge < -0.3 is 15.2 Å². The van der Waals surface area contributed by atoms with Gasteiger partial charge in [-0.15, -0.1) is 0 Å². The van der Waals surface area contributed by atoms with Crippen LogP contribution in [-0.4, -0.2) is 31.0 Å². The summed E-state index contributed by atoms with van der Waals surface area (Å²) in [5, 5.41) is 11.6. The van der Waals surface area contributed by atoms with Crippen molar-refractivity contribution in [3.63, 3.8) is 0 Å². The second kappa shape index (κ2) is 6.91. The van der Waals surface area contributed by atoms with Gasteiger partial charge in [-0.05, 0) is 6.42 Å². The molecule has 0 rings (SSSR count). The van der Waals surface area contributed by atoms with Gasteiger partial charge in [-0.1, -0.05) is 13.3 Å². The Morgan fingerprint density at radius 3 is 2.75 bits per heavy atom. The molecule has 0 aliphatic rings. The van der Waals surface area contributed by atoms with E-state index in [9.17, 15) is 9.90 Å². The minimum Gasteiger partial charge on any atom is -0.449 e. The predicted octanol–water partition coefficient (Wildman–Crippen LogP) is 0.894. The SMILES string of the molecule is CCCC(O)CCOC(=O)NC. The molecule has 0 bridgehead atoms. The highest BCUT2D eigenvalue weighted by Gasteiger charge is 2.03. The van der Waals surface area contributed by atoms with Crippen molar-refractivity contribution in [1.82, 2.24) is 5.32 Å². The molecule has 0 aliphatic heterocycles. The number of alkyl carbamates (subject to hydrolysis) is 1. The van der Waals surface area contributed by atoms with E-state index in [-0.39, 0.29) is 12.7 Å². The summed E-state index contributed by atoms with van der Waals surface area (Å²) in [5.74, 6) is 0. The van der Waals surface area contributed by atoms with Crippen LogP contribution in [0.15, 0.2) is 0 Å². The minimum absolute atomic E-state index is 0.279. The van der Waals surface area contributed by atoms with Crippen LogP contribution in [0.4, 0.5) is 4.79 Å². The van der Waals surface area contributed by atoms with E-state index in [2.05, 4.69) is 5.32 Å². The van der Waals surface area contributed by atoms with Crippen LogP contribution in [0.25, 0.3) is 0 Å². The first-order chi connectivity index (χ1) is 5.70. The number of ether oxygens (including phenoxy) is 1. The molecule has 2 N–H and O–H groups in total. The number of nitrogens with one attached hydrogen (secondary N) is 1. The maximum absolute atomic E-state index is 10.5. The number of rotatable bonds is 5. The number of amides is 1. The molecule has 1 amide bonds. The van der Waals surface area contributed by atoms with Gasteiger partial charge in [-0.2, -0.15) is 0 Å². The quantitative estimate of drug-likeness (QED) is 0.652. The molecule has 1 unspecified atom stereocenters. The minimum atomic E-state index is -0.446. The Morgan fingerprint density at radius 1 is 1.58 bits per heavy atom. The number of hydrogen-bond donors (Lipinski definition) is 2. The van der Waals surface area contributed by atoms with E-state index >= 15 is 0 Å². The summed E-state index contributed by atoms with van der Waals surface area (Å²) in [6.07, 6.45) is 1.43. The van der Waals surface area contributed by atoms with Crippen LogP contribution in [0.1, 0.15) is 26.2 Å². The molecule has 12 heavy (non-hydrogen) atoms. The van der Waals surface area contributed by atoms with E-state index in [0.29, 0.717) is 6.42 Å². The van der Waals surface area contributed by atoms with Gasteiger partial charge >= 0.3 is 6.09 Å². The largest absolute Gasteiger partial charge is 0.449 e. The highest BCUT2D eigenvalue weighted by molar-refractivity contribution is 5.66. The zero-order valence-electron chi connectivity index (χ0n) is 7.67. The van der Waals surface area contributed by atoms with Crippen molar-refractivity contribution in [2.45, 2.75) is 32.3 Å². The van der Waals surface area contributed by atoms with Crippen LogP contribution >= 0.6 is 0 Å². The summed E-state index contributed by atoms with van der Waals surface area (Å²) in [5.41, 5.74) is 0. The second-order valence-corrected chi connectivity index (χ2v) is 2.62. The fourth-order valence-corrected chi connectivity index (χ4v) is 0.837. The Kier molecular flexibility index (Phi) is 6.47. The third kappa shape index (κ3) is 5.97. The van der Waals surface area contributed by atoms with Gasteiger partial charge in [0.25, 0.3) is 0 Å². The Labute approximate surface area is 72.9 Å². The van der Waals surface area contributed by atoms with Gasteiger partial charge in [0, 0.05) is 13.5 Å². The van der Waals surface area contributed by atoms with Gasteiger partial charge in [0.2, 0.25) is 0 Å². The summed E-state index contributed by atoms with van der Waals surface area (Å²) in [4.78, 5) is 10.5. The Morgan fingerprint density at radius 2 is 2.25 bits per heavy atom. The third-order valence-corrected chi connectivity index (χ3v) is 1.51. The Balaban J connectivity index is 3.24. The second-order valence-electron chi connectivity index (χ2n) is 2.62. The van der Waals surface area contributed by atoms with E-state index in [1.165, 1.54) is 7.05 Å². The van der Waals surface area contributed by atoms with E-state index in [1.54, 1.807) is 0 Å². The molecular weight excluding hydrogens is 158 g/mol. The molecule has 0 aromatic rings. The Bertz CT molecular complexity index is 127. The van der Waals surface area contributed by atoms with Crippen LogP contribution in [0.3, 0.4) is 0 Å². The standard InChI is InChI=1S/C8H17NO3/c1-3-4-7(10)5-6-12-8(11)9-2/h7,10H,3-6H2,1-2H3,(H,9,11). The summed E-state index contributed by atoms with van der Waals surface area (Å²) < 4.78 is 4.70. The lowest BCUT2D eigenvalue weighted by molar-refractivity contribution is 0.102. The molecule has 0 aliphatic carbocycles. The molecule has 0 saturated heterocycles. The maximum atomic E-state index is 10.5. The maximum Gasteiger partial charge on any atom is 0.406 e. The molecule has 0 saturated carbocycles. The van der Waals surface area contributed by atoms with Crippen LogP contribution in [0, 0.1) is 0 Å². The first-order valence-electron chi connectivity index (χ1n) is 4.23. The lowest BCUT2D eigenvalue weighted by Gasteiger charge is -2.08. The van der Waals surface area contributed by atoms with Crippen LogP contribution in [0.2, 0.25) is 0 Å². The van der Waals surface area contributed by atoms with Crippen LogP contribution in [-0.2, 0) is 4.74 Å². The number of carbonyl (C=O) groups is 1. The monoisotopic (exact) mass is 175 g/mol. The summed E-state index contributed by atoms with van der Waals surface area (Å²) in [6.45, 7) is 2.28. The van der Waals surface area contributed by atoms with Crippen molar-refractivity contribution in [2.75, 3.05) is 13.7 Å². The van der Waals surface area contributed by atoms with Crippen molar-refractivity contribution >= 4 is 6.09 Å². The van der Waals surface area contributed by atoms with Gasteiger partial charge in [0.15, 0.2) is 0 Å². The van der Waals surface area contributed by atoms with Gasteiger partial charge in [0.05, 0.1) is 12.7 Å². The van der Waals surface area contributed by atoms with E-state index in [0.717, 1.165) is 12.8 Å². The molecule has 1 atom stereocenters. The zero-order chi connectivity index (χ0) is 9.40. The third-order valence-electron chi connectivity index (χ3n) is 1.51. The molecule has 0 heterocycles. The van der Waals surface area contributed by atoms with Crippen molar-refractivity contribution < 1.29 is 14.6 Å². The van der Waals surface area contributed by atoms with Crippen molar-refractivity contribution in [3.05, 3.63) is 0 Å². The van der Waals surface area contributed by atoms with E-state index in [4.69, 9.17) is 4.74 Å². The van der Waals surface area contributed by atoms with E-state index in [1.807, 2.05) is 6.92 Å². The number of aliphatic hydroxyl groups excluding tert-OH is 1. The highest BCUT2D eigenvalue weighted by Crippen LogP contribution is 2.00. The van der Waals surface area contributed by atoms with Crippen molar-refractivity contribution in [3.8, 4) is 0 Å². The van der Waals surface area contributed by atoms with Gasteiger partial charge in [0.1, 0.15) is 0 Å². The molecule has 4 heteroatoms. The van der Waals surface area contributed by atoms with Crippen molar-refractivity contribution in [2.24, 2.45) is 0 Å². The number of hydrogen-bond acceptors (Lipinski definition) is 3. The van der Waals surface area contributed by atoms with Crippen LogP contribution < -0.4 is 5.32 Å². The molecule has 72 valence electrons. The fourth-order valence-electron chi connectivity index (χ4n) is 0.837.